The van der Waals surface area contributed by atoms with Crippen LogP contribution in [0.4, 0.5) is 0 Å². The molecule has 2 aromatic rings. The fourth-order valence-corrected chi connectivity index (χ4v) is 4.52. The van der Waals surface area contributed by atoms with E-state index in [1.165, 1.54) is 0 Å². The Balaban J connectivity index is 1.76. The van der Waals surface area contributed by atoms with Crippen LogP contribution in [0.5, 0.6) is 0 Å². The number of hydrogen-bond acceptors (Lipinski definition) is 5. The van der Waals surface area contributed by atoms with Crippen molar-refractivity contribution in [3.05, 3.63) is 48.0 Å². The molecule has 1 saturated heterocycles. The minimum atomic E-state index is -0.836. The first-order valence-corrected chi connectivity index (χ1v) is 12.9. The number of fused-ring (bicyclic) bond motifs is 1. The summed E-state index contributed by atoms with van der Waals surface area (Å²) in [6.07, 6.45) is 0.879. The van der Waals surface area contributed by atoms with Crippen LogP contribution in [-0.2, 0) is 20.8 Å². The molecule has 0 spiro atoms. The second-order valence-electron chi connectivity index (χ2n) is 10.6. The zero-order valence-electron chi connectivity index (χ0n) is 21.8. The predicted molar refractivity (Wildman–Crippen MR) is 141 cm³/mol. The van der Waals surface area contributed by atoms with Crippen LogP contribution in [0.25, 0.3) is 10.8 Å². The highest BCUT2D eigenvalue weighted by Crippen LogP contribution is 2.26. The lowest BCUT2D eigenvalue weighted by Crippen LogP contribution is -2.55. The second kappa shape index (κ2) is 12.3. The largest absolute Gasteiger partial charge is 0.390 e. The third kappa shape index (κ3) is 7.27. The standard InChI is InChI=1S/C28H40N4O4/c1-5-29-17-22(33)18-30-25(34)23(16-19-12-13-20-9-6-7-10-21(20)15-19)31-26(35)24-11-8-14-32(24)27(36)28(2,3)4/h6-7,9-10,12-13,15,22-24,29,33H,5,8,11,14,16-18H2,1-4H3,(H,30,34)(H,31,35)/t22?,23-,24?/m1/s1. The molecule has 8 nitrogen and oxygen atoms in total. The van der Waals surface area contributed by atoms with Gasteiger partial charge in [0, 0.05) is 31.5 Å². The van der Waals surface area contributed by atoms with E-state index in [2.05, 4.69) is 16.0 Å². The lowest BCUT2D eigenvalue weighted by Gasteiger charge is -2.31. The van der Waals surface area contributed by atoms with Crippen molar-refractivity contribution >= 4 is 28.5 Å². The summed E-state index contributed by atoms with van der Waals surface area (Å²) in [7, 11) is 0. The Kier molecular flexibility index (Phi) is 9.45. The Morgan fingerprint density at radius 3 is 2.50 bits per heavy atom. The van der Waals surface area contributed by atoms with Gasteiger partial charge in [0.25, 0.3) is 0 Å². The first kappa shape index (κ1) is 27.6. The third-order valence-corrected chi connectivity index (χ3v) is 6.49. The molecule has 3 rings (SSSR count). The van der Waals surface area contributed by atoms with E-state index in [1.807, 2.05) is 70.2 Å². The molecular formula is C28H40N4O4. The summed E-state index contributed by atoms with van der Waals surface area (Å²) in [6.45, 7) is 9.17. The Morgan fingerprint density at radius 2 is 1.81 bits per heavy atom. The highest BCUT2D eigenvalue weighted by atomic mass is 16.3. The lowest BCUT2D eigenvalue weighted by molar-refractivity contribution is -0.145. The van der Waals surface area contributed by atoms with Crippen molar-refractivity contribution in [2.45, 2.75) is 65.1 Å². The van der Waals surface area contributed by atoms with Gasteiger partial charge in [-0.2, -0.15) is 0 Å². The van der Waals surface area contributed by atoms with E-state index in [9.17, 15) is 19.5 Å². The van der Waals surface area contributed by atoms with Crippen LogP contribution in [0.15, 0.2) is 42.5 Å². The molecule has 0 aliphatic carbocycles. The third-order valence-electron chi connectivity index (χ3n) is 6.49. The monoisotopic (exact) mass is 496 g/mol. The minimum Gasteiger partial charge on any atom is -0.390 e. The van der Waals surface area contributed by atoms with E-state index in [1.54, 1.807) is 4.90 Å². The number of aliphatic hydroxyl groups excluding tert-OH is 1. The van der Waals surface area contributed by atoms with Gasteiger partial charge in [-0.05, 0) is 35.7 Å². The molecule has 3 atom stereocenters. The normalized spacial score (nSPS) is 17.6. The number of rotatable bonds is 10. The van der Waals surface area contributed by atoms with Crippen LogP contribution in [-0.4, -0.2) is 72.1 Å². The van der Waals surface area contributed by atoms with Gasteiger partial charge in [-0.25, -0.2) is 0 Å². The summed E-state index contributed by atoms with van der Waals surface area (Å²) < 4.78 is 0. The number of nitrogens with zero attached hydrogens (tertiary/aromatic N) is 1. The number of hydrogen-bond donors (Lipinski definition) is 4. The maximum Gasteiger partial charge on any atom is 0.243 e. The maximum atomic E-state index is 13.3. The molecule has 1 aliphatic rings. The van der Waals surface area contributed by atoms with Crippen molar-refractivity contribution < 1.29 is 19.5 Å². The summed E-state index contributed by atoms with van der Waals surface area (Å²) >= 11 is 0. The van der Waals surface area contributed by atoms with Gasteiger partial charge < -0.3 is 26.0 Å². The van der Waals surface area contributed by atoms with Gasteiger partial charge in [-0.15, -0.1) is 0 Å². The Hall–Kier alpha value is -2.97. The molecule has 0 radical (unpaired) electrons. The fourth-order valence-electron chi connectivity index (χ4n) is 4.52. The number of aliphatic hydroxyl groups is 1. The van der Waals surface area contributed by atoms with Crippen LogP contribution in [0, 0.1) is 5.41 Å². The van der Waals surface area contributed by atoms with E-state index in [-0.39, 0.29) is 24.3 Å². The van der Waals surface area contributed by atoms with E-state index in [0.717, 1.165) is 29.3 Å². The smallest absolute Gasteiger partial charge is 0.243 e. The molecule has 2 aromatic carbocycles. The van der Waals surface area contributed by atoms with E-state index in [4.69, 9.17) is 0 Å². The summed E-state index contributed by atoms with van der Waals surface area (Å²) in [6, 6.07) is 12.5. The van der Waals surface area contributed by atoms with Gasteiger partial charge in [0.1, 0.15) is 12.1 Å². The molecule has 0 saturated carbocycles. The molecule has 3 amide bonds. The Labute approximate surface area is 213 Å². The number of amides is 3. The van der Waals surface area contributed by atoms with Gasteiger partial charge >= 0.3 is 0 Å². The van der Waals surface area contributed by atoms with Gasteiger partial charge in [0.2, 0.25) is 17.7 Å². The molecule has 4 N–H and O–H groups in total. The highest BCUT2D eigenvalue weighted by Gasteiger charge is 2.39. The molecule has 0 aromatic heterocycles. The van der Waals surface area contributed by atoms with Crippen LogP contribution in [0.1, 0.15) is 46.1 Å². The van der Waals surface area contributed by atoms with Crippen LogP contribution in [0.2, 0.25) is 0 Å². The summed E-state index contributed by atoms with van der Waals surface area (Å²) in [5.74, 6) is -0.750. The quantitative estimate of drug-likeness (QED) is 0.402. The molecule has 1 heterocycles. The summed E-state index contributed by atoms with van der Waals surface area (Å²) in [4.78, 5) is 41.1. The van der Waals surface area contributed by atoms with Gasteiger partial charge in [0.15, 0.2) is 0 Å². The first-order chi connectivity index (χ1) is 17.1. The maximum absolute atomic E-state index is 13.3. The molecular weight excluding hydrogens is 456 g/mol. The average Bonchev–Trinajstić information content (AvgIpc) is 3.34. The van der Waals surface area contributed by atoms with E-state index < -0.39 is 23.6 Å². The van der Waals surface area contributed by atoms with Crippen molar-refractivity contribution in [3.63, 3.8) is 0 Å². The van der Waals surface area contributed by atoms with Gasteiger partial charge in [-0.3, -0.25) is 14.4 Å². The molecule has 1 aliphatic heterocycles. The summed E-state index contributed by atoms with van der Waals surface area (Å²) in [5.41, 5.74) is 0.323. The zero-order valence-corrected chi connectivity index (χ0v) is 21.8. The number of nitrogens with one attached hydrogen (secondary N) is 3. The Morgan fingerprint density at radius 1 is 1.08 bits per heavy atom. The van der Waals surface area contributed by atoms with Gasteiger partial charge in [-0.1, -0.05) is 70.2 Å². The molecule has 36 heavy (non-hydrogen) atoms. The number of likely N-dealkylation sites (N-methyl/N-ethyl adjacent to an activating group) is 1. The second-order valence-corrected chi connectivity index (χ2v) is 10.6. The van der Waals surface area contributed by atoms with Crippen molar-refractivity contribution in [1.29, 1.82) is 0 Å². The van der Waals surface area contributed by atoms with Crippen molar-refractivity contribution in [1.82, 2.24) is 20.9 Å². The number of likely N-dealkylation sites (tertiary alicyclic amines) is 1. The first-order valence-electron chi connectivity index (χ1n) is 12.9. The number of carbonyl (C=O) groups is 3. The molecule has 1 fully saturated rings. The van der Waals surface area contributed by atoms with Crippen molar-refractivity contribution in [2.24, 2.45) is 5.41 Å². The molecule has 196 valence electrons. The van der Waals surface area contributed by atoms with Crippen molar-refractivity contribution in [3.8, 4) is 0 Å². The lowest BCUT2D eigenvalue weighted by atomic mass is 9.94. The average molecular weight is 497 g/mol. The van der Waals surface area contributed by atoms with Crippen LogP contribution >= 0.6 is 0 Å². The predicted octanol–water partition coefficient (Wildman–Crippen LogP) is 1.99. The zero-order chi connectivity index (χ0) is 26.3. The van der Waals surface area contributed by atoms with Crippen LogP contribution < -0.4 is 16.0 Å². The minimum absolute atomic E-state index is 0.0674. The van der Waals surface area contributed by atoms with E-state index in [0.29, 0.717) is 25.9 Å². The number of carbonyl (C=O) groups excluding carboxylic acids is 3. The van der Waals surface area contributed by atoms with Crippen LogP contribution in [0.3, 0.4) is 0 Å². The fraction of sp³-hybridized carbons (Fsp3) is 0.536. The van der Waals surface area contributed by atoms with Crippen molar-refractivity contribution in [2.75, 3.05) is 26.2 Å². The van der Waals surface area contributed by atoms with E-state index >= 15 is 0 Å². The highest BCUT2D eigenvalue weighted by molar-refractivity contribution is 5.93. The molecule has 8 heteroatoms. The number of benzene rings is 2. The topological polar surface area (TPSA) is 111 Å². The molecule has 2 unspecified atom stereocenters. The Bertz CT molecular complexity index is 1060. The van der Waals surface area contributed by atoms with Gasteiger partial charge in [0.05, 0.1) is 6.10 Å². The SMILES string of the molecule is CCNCC(O)CNC(=O)[C@@H](Cc1ccc2ccccc2c1)NC(=O)C1CCCN1C(=O)C(C)(C)C. The summed E-state index contributed by atoms with van der Waals surface area (Å²) in [5, 5.41) is 21.0. The molecule has 0 bridgehead atoms.